The van der Waals surface area contributed by atoms with E-state index in [2.05, 4.69) is 17.2 Å². The molecule has 0 bridgehead atoms. The Morgan fingerprint density at radius 1 is 1.29 bits per heavy atom. The van der Waals surface area contributed by atoms with Gasteiger partial charge >= 0.3 is 6.09 Å². The highest BCUT2D eigenvalue weighted by molar-refractivity contribution is 6.01. The highest BCUT2D eigenvalue weighted by Gasteiger charge is 2.17. The Bertz CT molecular complexity index is 728. The predicted molar refractivity (Wildman–Crippen MR) is 91.2 cm³/mol. The number of carbonyl (C=O) groups excluding carboxylic acids is 2. The van der Waals surface area contributed by atoms with Crippen molar-refractivity contribution in [1.29, 1.82) is 0 Å². The number of benzene rings is 1. The molecule has 0 aliphatic carbocycles. The molecule has 1 N–H and O–H groups in total. The Labute approximate surface area is 141 Å². The normalized spacial score (nSPS) is 11.5. The topological polar surface area (TPSA) is 81.4 Å². The number of carbonyl (C=O) groups is 2. The summed E-state index contributed by atoms with van der Waals surface area (Å²) in [5.74, 6) is 0.470. The summed E-state index contributed by atoms with van der Waals surface area (Å²) >= 11 is 0. The minimum Gasteiger partial charge on any atom is -0.444 e. The quantitative estimate of drug-likeness (QED) is 0.812. The average Bonchev–Trinajstić information content (AvgIpc) is 2.90. The molecule has 6 heteroatoms. The smallest absolute Gasteiger partial charge is 0.408 e. The van der Waals surface area contributed by atoms with Crippen LogP contribution >= 0.6 is 0 Å². The molecular weight excluding hydrogens is 308 g/mol. The second kappa shape index (κ2) is 7.47. The van der Waals surface area contributed by atoms with Crippen LogP contribution in [0.5, 0.6) is 0 Å². The molecule has 0 saturated carbocycles. The molecule has 0 radical (unpaired) electrons. The summed E-state index contributed by atoms with van der Waals surface area (Å²) in [5.41, 5.74) is 1.19. The van der Waals surface area contributed by atoms with Crippen LogP contribution in [0, 0.1) is 0 Å². The standard InChI is InChI=1S/C18H24N2O4/c1-5-6-7-16-20-13-9-8-12(10-15(13)23-16)14(21)11-19-17(22)24-18(2,3)4/h8-10H,5-7,11H2,1-4H3,(H,19,22). The van der Waals surface area contributed by atoms with Crippen LogP contribution in [0.4, 0.5) is 4.79 Å². The number of aryl methyl sites for hydroxylation is 1. The lowest BCUT2D eigenvalue weighted by Crippen LogP contribution is -2.35. The minimum atomic E-state index is -0.613. The van der Waals surface area contributed by atoms with Crippen LogP contribution in [0.25, 0.3) is 11.1 Å². The van der Waals surface area contributed by atoms with Crippen molar-refractivity contribution in [3.05, 3.63) is 29.7 Å². The van der Waals surface area contributed by atoms with Crippen molar-refractivity contribution in [1.82, 2.24) is 10.3 Å². The number of Topliss-reactive ketones (excluding diaryl/α,β-unsaturated/α-hetero) is 1. The summed E-state index contributed by atoms with van der Waals surface area (Å²) in [4.78, 5) is 28.2. The fraction of sp³-hybridized carbons (Fsp3) is 0.500. The van der Waals surface area contributed by atoms with E-state index in [-0.39, 0.29) is 12.3 Å². The maximum absolute atomic E-state index is 12.2. The van der Waals surface area contributed by atoms with E-state index in [1.807, 2.05) is 0 Å². The molecule has 0 saturated heterocycles. The van der Waals surface area contributed by atoms with Crippen molar-refractivity contribution in [3.63, 3.8) is 0 Å². The van der Waals surface area contributed by atoms with Gasteiger partial charge in [-0.3, -0.25) is 4.79 Å². The van der Waals surface area contributed by atoms with Crippen molar-refractivity contribution in [2.24, 2.45) is 0 Å². The van der Waals surface area contributed by atoms with E-state index in [1.165, 1.54) is 0 Å². The molecule has 6 nitrogen and oxygen atoms in total. The summed E-state index contributed by atoms with van der Waals surface area (Å²) in [7, 11) is 0. The maximum atomic E-state index is 12.2. The van der Waals surface area contributed by atoms with Gasteiger partial charge in [-0.1, -0.05) is 13.3 Å². The van der Waals surface area contributed by atoms with Crippen molar-refractivity contribution >= 4 is 23.0 Å². The van der Waals surface area contributed by atoms with Gasteiger partial charge in [0.25, 0.3) is 0 Å². The largest absolute Gasteiger partial charge is 0.444 e. The second-order valence-electron chi connectivity index (χ2n) is 6.67. The maximum Gasteiger partial charge on any atom is 0.408 e. The molecule has 1 amide bonds. The molecule has 1 aromatic heterocycles. The number of fused-ring (bicyclic) bond motifs is 1. The molecule has 0 fully saturated rings. The summed E-state index contributed by atoms with van der Waals surface area (Å²) < 4.78 is 10.8. The van der Waals surface area contributed by atoms with E-state index in [9.17, 15) is 9.59 Å². The second-order valence-corrected chi connectivity index (χ2v) is 6.67. The molecule has 24 heavy (non-hydrogen) atoms. The fourth-order valence-corrected chi connectivity index (χ4v) is 2.15. The van der Waals surface area contributed by atoms with Gasteiger partial charge in [0.1, 0.15) is 11.1 Å². The van der Waals surface area contributed by atoms with Crippen LogP contribution in [-0.2, 0) is 11.2 Å². The van der Waals surface area contributed by atoms with Crippen molar-refractivity contribution in [2.45, 2.75) is 52.6 Å². The van der Waals surface area contributed by atoms with Crippen molar-refractivity contribution < 1.29 is 18.7 Å². The Kier molecular flexibility index (Phi) is 5.59. The number of oxazole rings is 1. The molecule has 1 heterocycles. The van der Waals surface area contributed by atoms with Gasteiger partial charge in [-0.2, -0.15) is 0 Å². The first-order valence-corrected chi connectivity index (χ1v) is 8.18. The number of amides is 1. The third-order valence-corrected chi connectivity index (χ3v) is 3.29. The fourth-order valence-electron chi connectivity index (χ4n) is 2.15. The van der Waals surface area contributed by atoms with Gasteiger partial charge < -0.3 is 14.5 Å². The van der Waals surface area contributed by atoms with Crippen molar-refractivity contribution in [3.8, 4) is 0 Å². The zero-order valence-electron chi connectivity index (χ0n) is 14.6. The van der Waals surface area contributed by atoms with E-state index in [0.717, 1.165) is 24.8 Å². The van der Waals surface area contributed by atoms with Crippen LogP contribution in [0.3, 0.4) is 0 Å². The SMILES string of the molecule is CCCCc1nc2ccc(C(=O)CNC(=O)OC(C)(C)C)cc2o1. The molecule has 0 atom stereocenters. The summed E-state index contributed by atoms with van der Waals surface area (Å²) in [6.45, 7) is 7.28. The lowest BCUT2D eigenvalue weighted by atomic mass is 10.1. The summed E-state index contributed by atoms with van der Waals surface area (Å²) in [6, 6.07) is 5.11. The van der Waals surface area contributed by atoms with E-state index in [1.54, 1.807) is 39.0 Å². The van der Waals surface area contributed by atoms with Crippen LogP contribution in [0.2, 0.25) is 0 Å². The molecule has 0 spiro atoms. The monoisotopic (exact) mass is 332 g/mol. The number of ketones is 1. The molecule has 0 aliphatic heterocycles. The number of hydrogen-bond acceptors (Lipinski definition) is 5. The first-order chi connectivity index (χ1) is 11.3. The number of nitrogens with one attached hydrogen (secondary N) is 1. The summed E-state index contributed by atoms with van der Waals surface area (Å²) in [6.07, 6.45) is 2.25. The van der Waals surface area contributed by atoms with E-state index >= 15 is 0 Å². The molecule has 0 unspecified atom stereocenters. The van der Waals surface area contributed by atoms with Gasteiger partial charge in [0.05, 0.1) is 6.54 Å². The Morgan fingerprint density at radius 2 is 2.04 bits per heavy atom. The number of ether oxygens (including phenoxy) is 1. The number of rotatable bonds is 6. The van der Waals surface area contributed by atoms with Crippen LogP contribution in [-0.4, -0.2) is 29.0 Å². The molecule has 2 aromatic rings. The average molecular weight is 332 g/mol. The number of alkyl carbamates (subject to hydrolysis) is 1. The van der Waals surface area contributed by atoms with Gasteiger partial charge in [0, 0.05) is 12.0 Å². The lowest BCUT2D eigenvalue weighted by Gasteiger charge is -2.19. The third-order valence-electron chi connectivity index (χ3n) is 3.29. The Morgan fingerprint density at radius 3 is 2.71 bits per heavy atom. The molecule has 130 valence electrons. The lowest BCUT2D eigenvalue weighted by molar-refractivity contribution is 0.0520. The van der Waals surface area contributed by atoms with E-state index in [0.29, 0.717) is 17.0 Å². The van der Waals surface area contributed by atoms with Crippen LogP contribution in [0.15, 0.2) is 22.6 Å². The minimum absolute atomic E-state index is 0.128. The predicted octanol–water partition coefficient (Wildman–Crippen LogP) is 3.88. The Hall–Kier alpha value is -2.37. The highest BCUT2D eigenvalue weighted by Crippen LogP contribution is 2.19. The van der Waals surface area contributed by atoms with Crippen LogP contribution < -0.4 is 5.32 Å². The van der Waals surface area contributed by atoms with E-state index < -0.39 is 11.7 Å². The number of unbranched alkanes of at least 4 members (excludes halogenated alkanes) is 1. The molecule has 2 rings (SSSR count). The van der Waals surface area contributed by atoms with Gasteiger partial charge in [-0.25, -0.2) is 9.78 Å². The number of hydrogen-bond donors (Lipinski definition) is 1. The van der Waals surface area contributed by atoms with Gasteiger partial charge in [0.2, 0.25) is 0 Å². The zero-order valence-corrected chi connectivity index (χ0v) is 14.6. The number of aromatic nitrogens is 1. The summed E-state index contributed by atoms with van der Waals surface area (Å²) in [5, 5.41) is 2.46. The zero-order chi connectivity index (χ0) is 17.7. The first kappa shape index (κ1) is 18.0. The number of nitrogens with zero attached hydrogens (tertiary/aromatic N) is 1. The molecule has 1 aromatic carbocycles. The third kappa shape index (κ3) is 5.08. The van der Waals surface area contributed by atoms with Gasteiger partial charge in [-0.15, -0.1) is 0 Å². The Balaban J connectivity index is 2.00. The van der Waals surface area contributed by atoms with Crippen LogP contribution in [0.1, 0.15) is 56.8 Å². The van der Waals surface area contributed by atoms with Gasteiger partial charge in [-0.05, 0) is 45.4 Å². The molecule has 0 aliphatic rings. The van der Waals surface area contributed by atoms with Gasteiger partial charge in [0.15, 0.2) is 17.3 Å². The molecular formula is C18H24N2O4. The first-order valence-electron chi connectivity index (χ1n) is 8.18. The van der Waals surface area contributed by atoms with Crippen molar-refractivity contribution in [2.75, 3.05) is 6.54 Å². The highest BCUT2D eigenvalue weighted by atomic mass is 16.6. The van der Waals surface area contributed by atoms with E-state index in [4.69, 9.17) is 9.15 Å².